The predicted octanol–water partition coefficient (Wildman–Crippen LogP) is -0.641. The lowest BCUT2D eigenvalue weighted by Crippen LogP contribution is -2.46. The van der Waals surface area contributed by atoms with Gasteiger partial charge in [0, 0.05) is 26.1 Å². The largest absolute Gasteiger partial charge is 0.396 e. The molecule has 2 saturated heterocycles. The van der Waals surface area contributed by atoms with E-state index in [-0.39, 0.29) is 26.1 Å². The average Bonchev–Trinajstić information content (AvgIpc) is 2.63. The SMILES string of the molecule is CC1(C)OC2[C@H](O1)OC(CCO)(CCO)[C@@H]2O. The summed E-state index contributed by atoms with van der Waals surface area (Å²) in [5.41, 5.74) is -0.977. The number of ether oxygens (including phenoxy) is 3. The highest BCUT2D eigenvalue weighted by molar-refractivity contribution is 5.02. The van der Waals surface area contributed by atoms with Gasteiger partial charge in [-0.3, -0.25) is 0 Å². The van der Waals surface area contributed by atoms with Gasteiger partial charge in [0.25, 0.3) is 0 Å². The monoisotopic (exact) mass is 248 g/mol. The van der Waals surface area contributed by atoms with Crippen LogP contribution in [0.1, 0.15) is 26.7 Å². The summed E-state index contributed by atoms with van der Waals surface area (Å²) in [5, 5.41) is 28.3. The molecule has 0 bridgehead atoms. The third kappa shape index (κ3) is 2.21. The van der Waals surface area contributed by atoms with Crippen molar-refractivity contribution in [2.45, 2.75) is 56.6 Å². The van der Waals surface area contributed by atoms with Crippen molar-refractivity contribution in [3.8, 4) is 0 Å². The van der Waals surface area contributed by atoms with E-state index in [1.54, 1.807) is 13.8 Å². The fraction of sp³-hybridized carbons (Fsp3) is 1.00. The fourth-order valence-corrected chi connectivity index (χ4v) is 2.58. The molecule has 17 heavy (non-hydrogen) atoms. The van der Waals surface area contributed by atoms with Gasteiger partial charge < -0.3 is 29.5 Å². The number of aliphatic hydroxyl groups excluding tert-OH is 3. The van der Waals surface area contributed by atoms with E-state index in [1.807, 2.05) is 0 Å². The zero-order valence-corrected chi connectivity index (χ0v) is 10.1. The van der Waals surface area contributed by atoms with Crippen molar-refractivity contribution in [1.29, 1.82) is 0 Å². The molecule has 0 aromatic heterocycles. The lowest BCUT2D eigenvalue weighted by molar-refractivity contribution is -0.244. The van der Waals surface area contributed by atoms with E-state index in [4.69, 9.17) is 24.4 Å². The van der Waals surface area contributed by atoms with Gasteiger partial charge in [-0.2, -0.15) is 0 Å². The molecule has 0 spiro atoms. The Morgan fingerprint density at radius 1 is 1.00 bits per heavy atom. The minimum Gasteiger partial charge on any atom is -0.396 e. The van der Waals surface area contributed by atoms with Crippen LogP contribution in [-0.2, 0) is 14.2 Å². The first-order valence-corrected chi connectivity index (χ1v) is 5.87. The van der Waals surface area contributed by atoms with Crippen molar-refractivity contribution in [2.75, 3.05) is 13.2 Å². The van der Waals surface area contributed by atoms with Crippen molar-refractivity contribution >= 4 is 0 Å². The van der Waals surface area contributed by atoms with E-state index >= 15 is 0 Å². The topological polar surface area (TPSA) is 88.4 Å². The van der Waals surface area contributed by atoms with Gasteiger partial charge in [-0.1, -0.05) is 0 Å². The maximum Gasteiger partial charge on any atom is 0.190 e. The third-order valence-corrected chi connectivity index (χ3v) is 3.36. The molecule has 0 radical (unpaired) electrons. The van der Waals surface area contributed by atoms with Crippen molar-refractivity contribution < 1.29 is 29.5 Å². The molecular weight excluding hydrogens is 228 g/mol. The van der Waals surface area contributed by atoms with E-state index < -0.39 is 29.9 Å². The Bertz CT molecular complexity index is 273. The summed E-state index contributed by atoms with van der Waals surface area (Å²) in [6, 6.07) is 0. The lowest BCUT2D eigenvalue weighted by atomic mass is 9.89. The first kappa shape index (κ1) is 13.2. The maximum absolute atomic E-state index is 10.3. The molecule has 3 atom stereocenters. The van der Waals surface area contributed by atoms with Crippen LogP contribution in [0.5, 0.6) is 0 Å². The molecule has 1 unspecified atom stereocenters. The fourth-order valence-electron chi connectivity index (χ4n) is 2.58. The Balaban J connectivity index is 2.14. The number of fused-ring (bicyclic) bond motifs is 1. The molecular formula is C11H20O6. The summed E-state index contributed by atoms with van der Waals surface area (Å²) in [6.45, 7) is 3.25. The van der Waals surface area contributed by atoms with Crippen molar-refractivity contribution in [2.24, 2.45) is 0 Å². The second-order valence-electron chi connectivity index (χ2n) is 5.04. The van der Waals surface area contributed by atoms with Gasteiger partial charge in [0.2, 0.25) is 0 Å². The average molecular weight is 248 g/mol. The molecule has 3 N–H and O–H groups in total. The number of rotatable bonds is 4. The number of hydrogen-bond acceptors (Lipinski definition) is 6. The third-order valence-electron chi connectivity index (χ3n) is 3.36. The van der Waals surface area contributed by atoms with E-state index in [2.05, 4.69) is 0 Å². The zero-order chi connectivity index (χ0) is 12.7. The quantitative estimate of drug-likeness (QED) is 0.613. The van der Waals surface area contributed by atoms with Crippen LogP contribution in [0.2, 0.25) is 0 Å². The molecule has 100 valence electrons. The Labute approximate surface area is 100 Å². The molecule has 0 aliphatic carbocycles. The van der Waals surface area contributed by atoms with Crippen molar-refractivity contribution in [3.05, 3.63) is 0 Å². The van der Waals surface area contributed by atoms with Gasteiger partial charge >= 0.3 is 0 Å². The standard InChI is InChI=1S/C11H20O6/c1-10(2)15-7-8(14)11(3-5-12,4-6-13)17-9(7)16-10/h7-9,12-14H,3-6H2,1-2H3/t7?,8-,9-/m1/s1. The smallest absolute Gasteiger partial charge is 0.190 e. The second kappa shape index (κ2) is 4.46. The first-order chi connectivity index (χ1) is 7.94. The minimum atomic E-state index is -0.977. The Morgan fingerprint density at radius 2 is 1.59 bits per heavy atom. The van der Waals surface area contributed by atoms with E-state index in [1.165, 1.54) is 0 Å². The van der Waals surface area contributed by atoms with Crippen LogP contribution in [0.4, 0.5) is 0 Å². The number of aliphatic hydroxyl groups is 3. The molecule has 6 heteroatoms. The molecule has 0 aromatic rings. The summed E-state index contributed by atoms with van der Waals surface area (Å²) in [5.74, 6) is -0.777. The van der Waals surface area contributed by atoms with Crippen LogP contribution < -0.4 is 0 Å². The van der Waals surface area contributed by atoms with Crippen LogP contribution >= 0.6 is 0 Å². The summed E-state index contributed by atoms with van der Waals surface area (Å²) >= 11 is 0. The summed E-state index contributed by atoms with van der Waals surface area (Å²) in [4.78, 5) is 0. The molecule has 6 nitrogen and oxygen atoms in total. The summed E-state index contributed by atoms with van der Waals surface area (Å²) in [7, 11) is 0. The van der Waals surface area contributed by atoms with Gasteiger partial charge in [0.05, 0.1) is 0 Å². The van der Waals surface area contributed by atoms with Crippen LogP contribution in [-0.4, -0.2) is 58.4 Å². The van der Waals surface area contributed by atoms with Gasteiger partial charge in [-0.25, -0.2) is 0 Å². The summed E-state index contributed by atoms with van der Waals surface area (Å²) < 4.78 is 16.8. The van der Waals surface area contributed by atoms with Crippen LogP contribution in [0.15, 0.2) is 0 Å². The highest BCUT2D eigenvalue weighted by Crippen LogP contribution is 2.44. The predicted molar refractivity (Wildman–Crippen MR) is 57.1 cm³/mol. The van der Waals surface area contributed by atoms with Crippen molar-refractivity contribution in [3.63, 3.8) is 0 Å². The number of hydrogen-bond donors (Lipinski definition) is 3. The van der Waals surface area contributed by atoms with E-state index in [9.17, 15) is 5.11 Å². The van der Waals surface area contributed by atoms with Crippen LogP contribution in [0.25, 0.3) is 0 Å². The molecule has 2 aliphatic heterocycles. The maximum atomic E-state index is 10.3. The molecule has 2 fully saturated rings. The Morgan fingerprint density at radius 3 is 2.06 bits per heavy atom. The van der Waals surface area contributed by atoms with Gasteiger partial charge in [0.15, 0.2) is 12.1 Å². The molecule has 0 aromatic carbocycles. The highest BCUT2D eigenvalue weighted by Gasteiger charge is 2.60. The second-order valence-corrected chi connectivity index (χ2v) is 5.04. The molecule has 2 aliphatic rings. The highest BCUT2D eigenvalue weighted by atomic mass is 16.8. The minimum absolute atomic E-state index is 0.125. The molecule has 2 heterocycles. The van der Waals surface area contributed by atoms with E-state index in [0.29, 0.717) is 0 Å². The first-order valence-electron chi connectivity index (χ1n) is 5.87. The normalized spacial score (nSPS) is 38.3. The Kier molecular flexibility index (Phi) is 3.46. The Hall–Kier alpha value is -0.240. The van der Waals surface area contributed by atoms with Gasteiger partial charge in [-0.15, -0.1) is 0 Å². The van der Waals surface area contributed by atoms with Gasteiger partial charge in [-0.05, 0) is 13.8 Å². The van der Waals surface area contributed by atoms with Gasteiger partial charge in [0.1, 0.15) is 17.8 Å². The molecule has 0 amide bonds. The van der Waals surface area contributed by atoms with E-state index in [0.717, 1.165) is 0 Å². The summed E-state index contributed by atoms with van der Waals surface area (Å²) in [6.07, 6.45) is -1.63. The molecule has 2 rings (SSSR count). The lowest BCUT2D eigenvalue weighted by Gasteiger charge is -2.33. The van der Waals surface area contributed by atoms with Crippen LogP contribution in [0, 0.1) is 0 Å². The van der Waals surface area contributed by atoms with Crippen LogP contribution in [0.3, 0.4) is 0 Å². The zero-order valence-electron chi connectivity index (χ0n) is 10.1. The molecule has 0 saturated carbocycles. The van der Waals surface area contributed by atoms with Crippen molar-refractivity contribution in [1.82, 2.24) is 0 Å².